The molecule has 0 radical (unpaired) electrons. The maximum atomic E-state index is 13.2. The molecular weight excluding hydrogens is 418 g/mol. The van der Waals surface area contributed by atoms with E-state index in [0.717, 1.165) is 41.4 Å². The van der Waals surface area contributed by atoms with Gasteiger partial charge in [0.05, 0.1) is 5.41 Å². The van der Waals surface area contributed by atoms with E-state index >= 15 is 0 Å². The lowest BCUT2D eigenvalue weighted by atomic mass is 9.78. The van der Waals surface area contributed by atoms with Gasteiger partial charge in [0.2, 0.25) is 5.91 Å². The molecule has 28 heavy (non-hydrogen) atoms. The number of carbonyl (C=O) groups is 1. The van der Waals surface area contributed by atoms with Crippen molar-refractivity contribution in [3.63, 3.8) is 0 Å². The summed E-state index contributed by atoms with van der Waals surface area (Å²) < 4.78 is 6.62. The third-order valence-corrected chi connectivity index (χ3v) is 5.68. The van der Waals surface area contributed by atoms with E-state index in [1.54, 1.807) is 30.6 Å². The van der Waals surface area contributed by atoms with Crippen LogP contribution in [0.3, 0.4) is 0 Å². The third kappa shape index (κ3) is 3.92. The standard InChI is InChI=1S/C22H20BrN3O2/c23-17-6-4-16(5-7-17)22(12-1-2-13-22)20(27)26-18-8-10-19(11-9-18)28-21-24-14-3-15-25-21/h3-11,14-15H,1-2,12-13H2,(H,26,27). The highest BCUT2D eigenvalue weighted by Gasteiger charge is 2.42. The largest absolute Gasteiger partial charge is 0.424 e. The maximum Gasteiger partial charge on any atom is 0.321 e. The second-order valence-corrected chi connectivity index (χ2v) is 7.82. The van der Waals surface area contributed by atoms with Crippen LogP contribution in [0.4, 0.5) is 5.69 Å². The SMILES string of the molecule is O=C(Nc1ccc(Oc2ncccn2)cc1)C1(c2ccc(Br)cc2)CCCC1. The number of hydrogen-bond acceptors (Lipinski definition) is 4. The Morgan fingerprint density at radius 3 is 2.25 bits per heavy atom. The minimum Gasteiger partial charge on any atom is -0.424 e. The molecule has 0 bridgehead atoms. The monoisotopic (exact) mass is 437 g/mol. The summed E-state index contributed by atoms with van der Waals surface area (Å²) in [5, 5.41) is 3.09. The van der Waals surface area contributed by atoms with E-state index in [-0.39, 0.29) is 5.91 Å². The maximum absolute atomic E-state index is 13.2. The van der Waals surface area contributed by atoms with Crippen LogP contribution in [0, 0.1) is 0 Å². The van der Waals surface area contributed by atoms with Crippen LogP contribution in [0.1, 0.15) is 31.2 Å². The molecule has 1 aromatic heterocycles. The third-order valence-electron chi connectivity index (χ3n) is 5.15. The van der Waals surface area contributed by atoms with Gasteiger partial charge in [0.15, 0.2) is 0 Å². The summed E-state index contributed by atoms with van der Waals surface area (Å²) in [5.41, 5.74) is 1.36. The van der Waals surface area contributed by atoms with Crippen LogP contribution < -0.4 is 10.1 Å². The number of ether oxygens (including phenoxy) is 1. The number of rotatable bonds is 5. The predicted octanol–water partition coefficient (Wildman–Crippen LogP) is 5.48. The second kappa shape index (κ2) is 8.10. The molecule has 1 aliphatic rings. The van der Waals surface area contributed by atoms with E-state index in [2.05, 4.69) is 31.2 Å². The van der Waals surface area contributed by atoms with E-state index in [1.165, 1.54) is 0 Å². The fourth-order valence-electron chi connectivity index (χ4n) is 3.69. The Morgan fingerprint density at radius 1 is 0.964 bits per heavy atom. The van der Waals surface area contributed by atoms with E-state index in [1.807, 2.05) is 36.4 Å². The Labute approximate surface area is 172 Å². The topological polar surface area (TPSA) is 64.1 Å². The minimum atomic E-state index is -0.465. The van der Waals surface area contributed by atoms with E-state index < -0.39 is 5.41 Å². The van der Waals surface area contributed by atoms with E-state index in [4.69, 9.17) is 4.74 Å². The number of aromatic nitrogens is 2. The van der Waals surface area contributed by atoms with Crippen molar-refractivity contribution in [1.29, 1.82) is 0 Å². The Hall–Kier alpha value is -2.73. The smallest absolute Gasteiger partial charge is 0.321 e. The number of nitrogens with one attached hydrogen (secondary N) is 1. The van der Waals surface area contributed by atoms with Gasteiger partial charge in [-0.2, -0.15) is 0 Å². The fourth-order valence-corrected chi connectivity index (χ4v) is 3.96. The Balaban J connectivity index is 1.49. The number of amides is 1. The lowest BCUT2D eigenvalue weighted by Gasteiger charge is -2.28. The molecule has 0 spiro atoms. The molecule has 2 aromatic carbocycles. The molecule has 6 heteroatoms. The zero-order valence-electron chi connectivity index (χ0n) is 15.3. The first-order chi connectivity index (χ1) is 13.7. The van der Waals surface area contributed by atoms with Crippen LogP contribution in [0.5, 0.6) is 11.8 Å². The van der Waals surface area contributed by atoms with Crippen LogP contribution >= 0.6 is 15.9 Å². The van der Waals surface area contributed by atoms with Crippen molar-refractivity contribution in [2.75, 3.05) is 5.32 Å². The van der Waals surface area contributed by atoms with Crippen LogP contribution in [-0.2, 0) is 10.2 Å². The van der Waals surface area contributed by atoms with E-state index in [0.29, 0.717) is 11.8 Å². The van der Waals surface area contributed by atoms with E-state index in [9.17, 15) is 4.79 Å². The molecule has 3 aromatic rings. The summed E-state index contributed by atoms with van der Waals surface area (Å²) in [7, 11) is 0. The van der Waals surface area contributed by atoms with Gasteiger partial charge in [-0.25, -0.2) is 9.97 Å². The lowest BCUT2D eigenvalue weighted by molar-refractivity contribution is -0.121. The highest BCUT2D eigenvalue weighted by atomic mass is 79.9. The molecule has 1 aliphatic carbocycles. The van der Waals surface area contributed by atoms with Gasteiger partial charge >= 0.3 is 6.01 Å². The molecule has 1 amide bonds. The van der Waals surface area contributed by atoms with Gasteiger partial charge in [0.25, 0.3) is 0 Å². The average Bonchev–Trinajstić information content (AvgIpc) is 3.22. The molecule has 0 unspecified atom stereocenters. The number of carbonyl (C=O) groups excluding carboxylic acids is 1. The average molecular weight is 438 g/mol. The van der Waals surface area contributed by atoms with Crippen LogP contribution in [0.15, 0.2) is 71.5 Å². The summed E-state index contributed by atoms with van der Waals surface area (Å²) in [6.45, 7) is 0. The number of anilines is 1. The van der Waals surface area contributed by atoms with Gasteiger partial charge in [0.1, 0.15) is 5.75 Å². The molecule has 142 valence electrons. The molecule has 1 N–H and O–H groups in total. The number of nitrogens with zero attached hydrogens (tertiary/aromatic N) is 2. The van der Waals surface area contributed by atoms with Crippen molar-refractivity contribution in [3.8, 4) is 11.8 Å². The van der Waals surface area contributed by atoms with Gasteiger partial charge in [-0.3, -0.25) is 4.79 Å². The first-order valence-corrected chi connectivity index (χ1v) is 10.1. The van der Waals surface area contributed by atoms with Crippen molar-refractivity contribution in [2.45, 2.75) is 31.1 Å². The van der Waals surface area contributed by atoms with Crippen molar-refractivity contribution in [1.82, 2.24) is 9.97 Å². The van der Waals surface area contributed by atoms with Crippen molar-refractivity contribution < 1.29 is 9.53 Å². The predicted molar refractivity (Wildman–Crippen MR) is 111 cm³/mol. The van der Waals surface area contributed by atoms with Gasteiger partial charge in [0, 0.05) is 22.6 Å². The zero-order valence-corrected chi connectivity index (χ0v) is 16.9. The summed E-state index contributed by atoms with van der Waals surface area (Å²) in [6.07, 6.45) is 7.11. The normalized spacial score (nSPS) is 15.2. The van der Waals surface area contributed by atoms with Gasteiger partial charge < -0.3 is 10.1 Å². The highest BCUT2D eigenvalue weighted by Crippen LogP contribution is 2.42. The molecule has 5 nitrogen and oxygen atoms in total. The summed E-state index contributed by atoms with van der Waals surface area (Å²) >= 11 is 3.47. The van der Waals surface area contributed by atoms with Crippen LogP contribution in [-0.4, -0.2) is 15.9 Å². The Morgan fingerprint density at radius 2 is 1.61 bits per heavy atom. The lowest BCUT2D eigenvalue weighted by Crippen LogP contribution is -2.37. The molecule has 0 aliphatic heterocycles. The number of hydrogen-bond donors (Lipinski definition) is 1. The highest BCUT2D eigenvalue weighted by molar-refractivity contribution is 9.10. The summed E-state index contributed by atoms with van der Waals surface area (Å²) in [4.78, 5) is 21.3. The van der Waals surface area contributed by atoms with Gasteiger partial charge in [-0.1, -0.05) is 40.9 Å². The first-order valence-electron chi connectivity index (χ1n) is 9.28. The van der Waals surface area contributed by atoms with Gasteiger partial charge in [-0.15, -0.1) is 0 Å². The summed E-state index contributed by atoms with van der Waals surface area (Å²) in [6, 6.07) is 17.4. The first kappa shape index (κ1) is 18.6. The van der Waals surface area contributed by atoms with Gasteiger partial charge in [-0.05, 0) is 60.9 Å². The van der Waals surface area contributed by atoms with Crippen molar-refractivity contribution in [3.05, 3.63) is 77.0 Å². The molecule has 1 heterocycles. The molecule has 1 saturated carbocycles. The number of halogens is 1. The molecular formula is C22H20BrN3O2. The Bertz CT molecular complexity index is 938. The zero-order chi connectivity index (χ0) is 19.4. The van der Waals surface area contributed by atoms with Crippen molar-refractivity contribution in [2.24, 2.45) is 0 Å². The van der Waals surface area contributed by atoms with Crippen molar-refractivity contribution >= 4 is 27.5 Å². The second-order valence-electron chi connectivity index (χ2n) is 6.91. The summed E-state index contributed by atoms with van der Waals surface area (Å²) in [5.74, 6) is 0.667. The van der Waals surface area contributed by atoms with Crippen LogP contribution in [0.2, 0.25) is 0 Å². The molecule has 4 rings (SSSR count). The number of benzene rings is 2. The molecule has 1 fully saturated rings. The molecule has 0 atom stereocenters. The molecule has 0 saturated heterocycles. The fraction of sp³-hybridized carbons (Fsp3) is 0.227. The minimum absolute atomic E-state index is 0.0485. The quantitative estimate of drug-likeness (QED) is 0.573. The van der Waals surface area contributed by atoms with Crippen LogP contribution in [0.25, 0.3) is 0 Å². The Kier molecular flexibility index (Phi) is 5.39.